The lowest BCUT2D eigenvalue weighted by atomic mass is 10.5. The van der Waals surface area contributed by atoms with Gasteiger partial charge in [-0.15, -0.1) is 0 Å². The van der Waals surface area contributed by atoms with Gasteiger partial charge in [-0.1, -0.05) is 0 Å². The van der Waals surface area contributed by atoms with E-state index in [0.29, 0.717) is 24.1 Å². The van der Waals surface area contributed by atoms with Crippen molar-refractivity contribution in [1.29, 1.82) is 0 Å². The molecule has 2 aromatic rings. The molecule has 2 rings (SSSR count). The molecule has 0 aliphatic heterocycles. The number of nitrogens with zero attached hydrogens (tertiary/aromatic N) is 3. The van der Waals surface area contributed by atoms with Gasteiger partial charge in [0.1, 0.15) is 5.52 Å². The number of imidazole rings is 1. The van der Waals surface area contributed by atoms with Crippen LogP contribution in [0.2, 0.25) is 0 Å². The SMILES string of the molecule is CCOc1nc(NC)nc2nc[nH]c12. The van der Waals surface area contributed by atoms with Crippen molar-refractivity contribution >= 4 is 17.1 Å². The molecule has 6 heteroatoms. The van der Waals surface area contributed by atoms with Gasteiger partial charge >= 0.3 is 0 Å². The summed E-state index contributed by atoms with van der Waals surface area (Å²) in [5.41, 5.74) is 1.33. The third-order valence-electron chi connectivity index (χ3n) is 1.76. The molecule has 2 aromatic heterocycles. The summed E-state index contributed by atoms with van der Waals surface area (Å²) < 4.78 is 5.36. The normalized spacial score (nSPS) is 10.4. The molecule has 0 spiro atoms. The van der Waals surface area contributed by atoms with Crippen LogP contribution in [0.4, 0.5) is 5.95 Å². The molecule has 14 heavy (non-hydrogen) atoms. The van der Waals surface area contributed by atoms with Crippen LogP contribution in [0, 0.1) is 0 Å². The van der Waals surface area contributed by atoms with Crippen LogP contribution < -0.4 is 10.1 Å². The topological polar surface area (TPSA) is 75.7 Å². The summed E-state index contributed by atoms with van der Waals surface area (Å²) in [7, 11) is 1.75. The first-order chi connectivity index (χ1) is 6.85. The maximum Gasteiger partial charge on any atom is 0.245 e. The molecular formula is C8H11N5O. The van der Waals surface area contributed by atoms with Crippen LogP contribution in [0.3, 0.4) is 0 Å². The van der Waals surface area contributed by atoms with Crippen LogP contribution in [-0.2, 0) is 0 Å². The second kappa shape index (κ2) is 3.49. The molecule has 2 heterocycles. The summed E-state index contributed by atoms with van der Waals surface area (Å²) in [5.74, 6) is 1.03. The van der Waals surface area contributed by atoms with E-state index >= 15 is 0 Å². The Morgan fingerprint density at radius 3 is 3.07 bits per heavy atom. The summed E-state index contributed by atoms with van der Waals surface area (Å²) in [6.07, 6.45) is 1.57. The zero-order chi connectivity index (χ0) is 9.97. The molecule has 6 nitrogen and oxygen atoms in total. The Morgan fingerprint density at radius 2 is 2.36 bits per heavy atom. The van der Waals surface area contributed by atoms with E-state index in [-0.39, 0.29) is 0 Å². The Balaban J connectivity index is 2.58. The zero-order valence-electron chi connectivity index (χ0n) is 8.03. The minimum absolute atomic E-state index is 0.507. The van der Waals surface area contributed by atoms with Crippen LogP contribution in [0.25, 0.3) is 11.2 Å². The number of ether oxygens (including phenoxy) is 1. The second-order valence-corrected chi connectivity index (χ2v) is 2.64. The lowest BCUT2D eigenvalue weighted by molar-refractivity contribution is 0.330. The van der Waals surface area contributed by atoms with Crippen LogP contribution in [-0.4, -0.2) is 33.6 Å². The van der Waals surface area contributed by atoms with E-state index in [0.717, 1.165) is 5.52 Å². The minimum atomic E-state index is 0.507. The van der Waals surface area contributed by atoms with Crippen molar-refractivity contribution in [3.05, 3.63) is 6.33 Å². The van der Waals surface area contributed by atoms with Gasteiger partial charge in [0, 0.05) is 7.05 Å². The van der Waals surface area contributed by atoms with Crippen molar-refractivity contribution < 1.29 is 4.74 Å². The lowest BCUT2D eigenvalue weighted by Crippen LogP contribution is -2.01. The first kappa shape index (κ1) is 8.74. The standard InChI is InChI=1S/C8H11N5O/c1-3-14-7-5-6(11-4-10-5)12-8(9-2)13-7/h4H,3H2,1-2H3,(H2,9,10,11,12,13). The number of anilines is 1. The number of aromatic nitrogens is 4. The van der Waals surface area contributed by atoms with Crippen molar-refractivity contribution in [1.82, 2.24) is 19.9 Å². The van der Waals surface area contributed by atoms with Gasteiger partial charge in [-0.25, -0.2) is 4.98 Å². The summed E-state index contributed by atoms with van der Waals surface area (Å²) in [6.45, 7) is 2.47. The number of hydrogen-bond donors (Lipinski definition) is 2. The second-order valence-electron chi connectivity index (χ2n) is 2.64. The van der Waals surface area contributed by atoms with Crippen LogP contribution in [0.5, 0.6) is 5.88 Å². The lowest BCUT2D eigenvalue weighted by Gasteiger charge is -2.04. The van der Waals surface area contributed by atoms with Crippen molar-refractivity contribution in [3.8, 4) is 5.88 Å². The summed E-state index contributed by atoms with van der Waals surface area (Å²) >= 11 is 0. The van der Waals surface area contributed by atoms with Gasteiger partial charge in [-0.2, -0.15) is 9.97 Å². The fourth-order valence-electron chi connectivity index (χ4n) is 1.16. The minimum Gasteiger partial charge on any atom is -0.476 e. The third kappa shape index (κ3) is 1.34. The Morgan fingerprint density at radius 1 is 1.50 bits per heavy atom. The Hall–Kier alpha value is -1.85. The van der Waals surface area contributed by atoms with Crippen molar-refractivity contribution in [2.45, 2.75) is 6.92 Å². The molecule has 0 aliphatic carbocycles. The molecule has 0 atom stereocenters. The molecule has 0 saturated carbocycles. The summed E-state index contributed by atoms with van der Waals surface area (Å²) in [5, 5.41) is 2.85. The number of aromatic amines is 1. The number of rotatable bonds is 3. The molecule has 0 unspecified atom stereocenters. The highest BCUT2D eigenvalue weighted by atomic mass is 16.5. The maximum atomic E-state index is 5.36. The van der Waals surface area contributed by atoms with Crippen molar-refractivity contribution in [2.24, 2.45) is 0 Å². The predicted octanol–water partition coefficient (Wildman–Crippen LogP) is 0.793. The van der Waals surface area contributed by atoms with Crippen LogP contribution in [0.15, 0.2) is 6.33 Å². The van der Waals surface area contributed by atoms with Gasteiger partial charge in [0.05, 0.1) is 12.9 Å². The van der Waals surface area contributed by atoms with Crippen molar-refractivity contribution in [2.75, 3.05) is 19.0 Å². The van der Waals surface area contributed by atoms with Crippen molar-refractivity contribution in [3.63, 3.8) is 0 Å². The summed E-state index contributed by atoms with van der Waals surface area (Å²) in [6, 6.07) is 0. The Labute approximate surface area is 80.7 Å². The van der Waals surface area contributed by atoms with E-state index in [2.05, 4.69) is 25.3 Å². The van der Waals surface area contributed by atoms with E-state index in [4.69, 9.17) is 4.74 Å². The zero-order valence-corrected chi connectivity index (χ0v) is 8.03. The van der Waals surface area contributed by atoms with Crippen LogP contribution in [0.1, 0.15) is 6.92 Å². The molecule has 2 N–H and O–H groups in total. The molecule has 0 saturated heterocycles. The first-order valence-corrected chi connectivity index (χ1v) is 4.36. The van der Waals surface area contributed by atoms with Gasteiger partial charge < -0.3 is 15.0 Å². The van der Waals surface area contributed by atoms with Gasteiger partial charge in [0.25, 0.3) is 0 Å². The van der Waals surface area contributed by atoms with E-state index in [1.54, 1.807) is 13.4 Å². The van der Waals surface area contributed by atoms with Gasteiger partial charge in [0.15, 0.2) is 5.65 Å². The average molecular weight is 193 g/mol. The molecular weight excluding hydrogens is 182 g/mol. The van der Waals surface area contributed by atoms with Gasteiger partial charge in [-0.05, 0) is 6.92 Å². The molecule has 0 amide bonds. The number of fused-ring (bicyclic) bond motifs is 1. The van der Waals surface area contributed by atoms with E-state index in [1.807, 2.05) is 6.92 Å². The molecule has 0 radical (unpaired) electrons. The highest BCUT2D eigenvalue weighted by Gasteiger charge is 2.09. The third-order valence-corrected chi connectivity index (χ3v) is 1.76. The number of H-pyrrole nitrogens is 1. The largest absolute Gasteiger partial charge is 0.476 e. The molecule has 0 fully saturated rings. The smallest absolute Gasteiger partial charge is 0.245 e. The molecule has 0 aromatic carbocycles. The summed E-state index contributed by atoms with van der Waals surface area (Å²) in [4.78, 5) is 15.3. The van der Waals surface area contributed by atoms with E-state index in [1.165, 1.54) is 0 Å². The number of nitrogens with one attached hydrogen (secondary N) is 2. The number of hydrogen-bond acceptors (Lipinski definition) is 5. The highest BCUT2D eigenvalue weighted by Crippen LogP contribution is 2.20. The quantitative estimate of drug-likeness (QED) is 0.753. The maximum absolute atomic E-state index is 5.36. The highest BCUT2D eigenvalue weighted by molar-refractivity contribution is 5.76. The fourth-order valence-corrected chi connectivity index (χ4v) is 1.16. The fraction of sp³-hybridized carbons (Fsp3) is 0.375. The molecule has 0 bridgehead atoms. The monoisotopic (exact) mass is 193 g/mol. The van der Waals surface area contributed by atoms with E-state index < -0.39 is 0 Å². The Bertz CT molecular complexity index is 438. The first-order valence-electron chi connectivity index (χ1n) is 4.36. The molecule has 0 aliphatic rings. The molecule has 74 valence electrons. The van der Waals surface area contributed by atoms with E-state index in [9.17, 15) is 0 Å². The van der Waals surface area contributed by atoms with Gasteiger partial charge in [-0.3, -0.25) is 0 Å². The predicted molar refractivity (Wildman–Crippen MR) is 52.4 cm³/mol. The Kier molecular flexibility index (Phi) is 2.18. The average Bonchev–Trinajstić information content (AvgIpc) is 2.66. The van der Waals surface area contributed by atoms with Crippen LogP contribution >= 0.6 is 0 Å². The van der Waals surface area contributed by atoms with Gasteiger partial charge in [0.2, 0.25) is 11.8 Å².